The first-order valence-electron chi connectivity index (χ1n) is 10.4. The number of benzene rings is 2. The Morgan fingerprint density at radius 2 is 1.93 bits per heavy atom. The fraction of sp³-hybridized carbons (Fsp3) is 0.320. The van der Waals surface area contributed by atoms with E-state index in [4.69, 9.17) is 16.6 Å². The minimum atomic E-state index is -1.04. The maximum absolute atomic E-state index is 13.7. The lowest BCUT2D eigenvalue weighted by Crippen LogP contribution is -2.40. The summed E-state index contributed by atoms with van der Waals surface area (Å²) in [6.07, 6.45) is 1.60. The molecule has 1 N–H and O–H groups in total. The van der Waals surface area contributed by atoms with Crippen molar-refractivity contribution in [3.05, 3.63) is 88.3 Å². The van der Waals surface area contributed by atoms with Gasteiger partial charge >= 0.3 is 0 Å². The van der Waals surface area contributed by atoms with Crippen LogP contribution < -0.4 is 0 Å². The van der Waals surface area contributed by atoms with E-state index in [2.05, 4.69) is 29.2 Å². The molecule has 0 aliphatic carbocycles. The van der Waals surface area contributed by atoms with Crippen molar-refractivity contribution in [1.82, 2.24) is 9.88 Å². The molecule has 1 fully saturated rings. The quantitative estimate of drug-likeness (QED) is 0.519. The summed E-state index contributed by atoms with van der Waals surface area (Å²) in [5.41, 5.74) is 3.43. The number of likely N-dealkylation sites (tertiary alicyclic amines) is 1. The molecule has 2 atom stereocenters. The maximum atomic E-state index is 13.7. The van der Waals surface area contributed by atoms with Crippen LogP contribution in [0, 0.1) is 5.82 Å². The average molecular weight is 425 g/mol. The smallest absolute Gasteiger partial charge is 0.141 e. The van der Waals surface area contributed by atoms with Gasteiger partial charge in [0.05, 0.1) is 16.4 Å². The number of pyridine rings is 1. The van der Waals surface area contributed by atoms with E-state index in [0.29, 0.717) is 17.8 Å². The van der Waals surface area contributed by atoms with Crippen molar-refractivity contribution in [3.8, 4) is 11.3 Å². The number of rotatable bonds is 6. The van der Waals surface area contributed by atoms with E-state index in [-0.39, 0.29) is 11.1 Å². The summed E-state index contributed by atoms with van der Waals surface area (Å²) < 4.78 is 13.7. The molecule has 3 nitrogen and oxygen atoms in total. The van der Waals surface area contributed by atoms with Gasteiger partial charge in [0, 0.05) is 24.7 Å². The van der Waals surface area contributed by atoms with Gasteiger partial charge in [-0.2, -0.15) is 0 Å². The number of hydrogen-bond acceptors (Lipinski definition) is 3. The zero-order chi connectivity index (χ0) is 21.3. The monoisotopic (exact) mass is 424 g/mol. The second kappa shape index (κ2) is 8.46. The van der Waals surface area contributed by atoms with Gasteiger partial charge in [0.2, 0.25) is 0 Å². The van der Waals surface area contributed by atoms with E-state index in [1.165, 1.54) is 11.6 Å². The maximum Gasteiger partial charge on any atom is 0.141 e. The summed E-state index contributed by atoms with van der Waals surface area (Å²) in [6, 6.07) is 19.4. The normalized spacial score (nSPS) is 18.6. The Morgan fingerprint density at radius 1 is 1.17 bits per heavy atom. The predicted octanol–water partition coefficient (Wildman–Crippen LogP) is 6.11. The number of nitrogens with zero attached hydrogens (tertiary/aromatic N) is 2. The second-order valence-corrected chi connectivity index (χ2v) is 8.60. The van der Waals surface area contributed by atoms with Crippen LogP contribution in [-0.4, -0.2) is 21.5 Å². The van der Waals surface area contributed by atoms with Gasteiger partial charge in [-0.1, -0.05) is 48.9 Å². The number of hydrogen-bond donors (Lipinski definition) is 1. The Hall–Kier alpha value is -2.27. The van der Waals surface area contributed by atoms with E-state index >= 15 is 0 Å². The molecule has 0 radical (unpaired) electrons. The molecular weight excluding hydrogens is 399 g/mol. The molecule has 1 aliphatic rings. The van der Waals surface area contributed by atoms with Crippen LogP contribution >= 0.6 is 11.6 Å². The van der Waals surface area contributed by atoms with Crippen LogP contribution in [0.3, 0.4) is 0 Å². The van der Waals surface area contributed by atoms with Crippen LogP contribution in [0.2, 0.25) is 5.02 Å². The van der Waals surface area contributed by atoms with Crippen LogP contribution in [0.1, 0.15) is 49.6 Å². The summed E-state index contributed by atoms with van der Waals surface area (Å²) in [7, 11) is 0. The molecule has 3 aromatic rings. The topological polar surface area (TPSA) is 36.4 Å². The molecule has 5 heteroatoms. The largest absolute Gasteiger partial charge is 0.384 e. The van der Waals surface area contributed by atoms with E-state index < -0.39 is 11.4 Å². The van der Waals surface area contributed by atoms with Gasteiger partial charge in [-0.25, -0.2) is 9.37 Å². The van der Waals surface area contributed by atoms with Crippen molar-refractivity contribution in [2.24, 2.45) is 0 Å². The summed E-state index contributed by atoms with van der Waals surface area (Å²) in [5, 5.41) is 11.0. The lowest BCUT2D eigenvalue weighted by Gasteiger charge is -2.42. The fourth-order valence-electron chi connectivity index (χ4n) is 3.83. The molecular formula is C25H26ClFN2O. The van der Waals surface area contributed by atoms with Gasteiger partial charge in [0.25, 0.3) is 0 Å². The first-order chi connectivity index (χ1) is 14.4. The van der Waals surface area contributed by atoms with Gasteiger partial charge in [-0.05, 0) is 61.2 Å². The van der Waals surface area contributed by atoms with E-state index in [9.17, 15) is 9.50 Å². The zero-order valence-electron chi connectivity index (χ0n) is 17.3. The third-order valence-corrected chi connectivity index (χ3v) is 6.34. The van der Waals surface area contributed by atoms with Gasteiger partial charge in [-0.15, -0.1) is 0 Å². The van der Waals surface area contributed by atoms with E-state index in [0.717, 1.165) is 30.6 Å². The lowest BCUT2D eigenvalue weighted by molar-refractivity contribution is 0.0475. The van der Waals surface area contributed by atoms with Gasteiger partial charge in [-0.3, -0.25) is 4.90 Å². The van der Waals surface area contributed by atoms with E-state index in [1.807, 2.05) is 25.1 Å². The second-order valence-electron chi connectivity index (χ2n) is 8.19. The molecule has 1 aliphatic heterocycles. The summed E-state index contributed by atoms with van der Waals surface area (Å²) in [6.45, 7) is 5.63. The van der Waals surface area contributed by atoms with Crippen LogP contribution in [0.4, 0.5) is 4.39 Å². The van der Waals surface area contributed by atoms with Gasteiger partial charge in [0.15, 0.2) is 0 Å². The third-order valence-electron chi connectivity index (χ3n) is 6.05. The Morgan fingerprint density at radius 3 is 2.57 bits per heavy atom. The molecule has 156 valence electrons. The summed E-state index contributed by atoms with van der Waals surface area (Å²) in [5.74, 6) is -0.453. The van der Waals surface area contributed by atoms with Crippen molar-refractivity contribution < 1.29 is 9.50 Å². The van der Waals surface area contributed by atoms with Crippen LogP contribution in [-0.2, 0) is 12.1 Å². The molecule has 1 aromatic heterocycles. The van der Waals surface area contributed by atoms with Crippen molar-refractivity contribution in [2.45, 2.75) is 44.9 Å². The van der Waals surface area contributed by atoms with Crippen LogP contribution in [0.15, 0.2) is 60.7 Å². The van der Waals surface area contributed by atoms with Crippen molar-refractivity contribution in [1.29, 1.82) is 0 Å². The minimum absolute atomic E-state index is 0.0675. The number of halogens is 2. The molecule has 30 heavy (non-hydrogen) atoms. The van der Waals surface area contributed by atoms with Crippen molar-refractivity contribution >= 4 is 11.6 Å². The Kier molecular flexibility index (Phi) is 5.92. The van der Waals surface area contributed by atoms with Gasteiger partial charge < -0.3 is 5.11 Å². The molecule has 0 amide bonds. The van der Waals surface area contributed by atoms with Crippen LogP contribution in [0.5, 0.6) is 0 Å². The molecule has 4 rings (SSSR count). The van der Waals surface area contributed by atoms with Crippen molar-refractivity contribution in [3.63, 3.8) is 0 Å². The predicted molar refractivity (Wildman–Crippen MR) is 119 cm³/mol. The van der Waals surface area contributed by atoms with E-state index in [1.54, 1.807) is 19.1 Å². The molecule has 2 unspecified atom stereocenters. The highest BCUT2D eigenvalue weighted by atomic mass is 35.5. The molecule has 0 bridgehead atoms. The number of aliphatic hydroxyl groups is 1. The summed E-state index contributed by atoms with van der Waals surface area (Å²) in [4.78, 5) is 7.14. The SMILES string of the molecule is CCC(C)(O)c1cc(C2CCN2Cc2ccccc2)cc(-c2ccc(F)c(Cl)c2)n1. The highest BCUT2D eigenvalue weighted by Crippen LogP contribution is 2.38. The van der Waals surface area contributed by atoms with Crippen molar-refractivity contribution in [2.75, 3.05) is 6.54 Å². The minimum Gasteiger partial charge on any atom is -0.384 e. The number of aromatic nitrogens is 1. The molecule has 1 saturated heterocycles. The Labute approximate surface area is 182 Å². The fourth-order valence-corrected chi connectivity index (χ4v) is 4.01. The third kappa shape index (κ3) is 4.27. The molecule has 2 aromatic carbocycles. The van der Waals surface area contributed by atoms with Gasteiger partial charge in [0.1, 0.15) is 11.4 Å². The van der Waals surface area contributed by atoms with Crippen LogP contribution in [0.25, 0.3) is 11.3 Å². The highest BCUT2D eigenvalue weighted by Gasteiger charge is 2.32. The lowest BCUT2D eigenvalue weighted by atomic mass is 9.89. The standard InChI is InChI=1S/C25H26ClFN2O/c1-3-25(2,30)24-15-19(14-22(28-24)18-9-10-21(27)20(26)13-18)23-11-12-29(23)16-17-7-5-4-6-8-17/h4-10,13-15,23,30H,3,11-12,16H2,1-2H3. The first kappa shape index (κ1) is 21.0. The zero-order valence-corrected chi connectivity index (χ0v) is 18.0. The Bertz CT molecular complexity index is 1040. The summed E-state index contributed by atoms with van der Waals surface area (Å²) >= 11 is 6.01. The molecule has 2 heterocycles. The molecule has 0 saturated carbocycles. The highest BCUT2D eigenvalue weighted by molar-refractivity contribution is 6.31. The Balaban J connectivity index is 1.71. The average Bonchev–Trinajstić information content (AvgIpc) is 2.73. The molecule has 0 spiro atoms. The first-order valence-corrected chi connectivity index (χ1v) is 10.7.